The summed E-state index contributed by atoms with van der Waals surface area (Å²) in [6.07, 6.45) is 0. The minimum atomic E-state index is -0.415. The van der Waals surface area contributed by atoms with Gasteiger partial charge >= 0.3 is 0 Å². The number of nitrogens with one attached hydrogen (secondary N) is 1. The van der Waals surface area contributed by atoms with Crippen molar-refractivity contribution in [2.24, 2.45) is 0 Å². The molecule has 0 heterocycles. The van der Waals surface area contributed by atoms with Crippen LogP contribution in [0.4, 0.5) is 10.1 Å². The molecule has 0 aliphatic rings. The summed E-state index contributed by atoms with van der Waals surface area (Å²) in [5, 5.41) is 14.7. The summed E-state index contributed by atoms with van der Waals surface area (Å²) in [6.45, 7) is 1.93. The first-order valence-corrected chi connectivity index (χ1v) is 8.87. The average Bonchev–Trinajstić information content (AvgIpc) is 2.72. The number of non-ortho nitro benzene ring substituents is 1. The molecule has 3 aromatic carbocycles. The summed E-state index contributed by atoms with van der Waals surface area (Å²) in [7, 11) is 1.59. The number of nitro groups is 1. The van der Waals surface area contributed by atoms with Crippen molar-refractivity contribution in [2.75, 3.05) is 7.11 Å². The predicted molar refractivity (Wildman–Crippen MR) is 106 cm³/mol. The van der Waals surface area contributed by atoms with Gasteiger partial charge in [-0.1, -0.05) is 36.4 Å². The van der Waals surface area contributed by atoms with Crippen molar-refractivity contribution in [3.05, 3.63) is 105 Å². The number of benzene rings is 3. The van der Waals surface area contributed by atoms with Gasteiger partial charge in [-0.15, -0.1) is 0 Å². The Balaban J connectivity index is 2.01. The topological polar surface area (TPSA) is 64.4 Å². The van der Waals surface area contributed by atoms with E-state index >= 15 is 0 Å². The molecule has 0 saturated heterocycles. The van der Waals surface area contributed by atoms with E-state index in [1.54, 1.807) is 25.3 Å². The van der Waals surface area contributed by atoms with Gasteiger partial charge in [0.1, 0.15) is 11.6 Å². The monoisotopic (exact) mass is 380 g/mol. The number of rotatable bonds is 7. The largest absolute Gasteiger partial charge is 0.497 e. The van der Waals surface area contributed by atoms with E-state index in [1.807, 2.05) is 43.3 Å². The molecule has 0 aliphatic carbocycles. The normalized spacial score (nSPS) is 13.0. The molecule has 6 heteroatoms. The van der Waals surface area contributed by atoms with Gasteiger partial charge in [0.2, 0.25) is 0 Å². The van der Waals surface area contributed by atoms with E-state index in [9.17, 15) is 14.5 Å². The number of nitro benzene ring substituents is 1. The number of nitrogens with zero attached hydrogens (tertiary/aromatic N) is 1. The zero-order valence-corrected chi connectivity index (χ0v) is 15.6. The predicted octanol–water partition coefficient (Wildman–Crippen LogP) is 5.18. The summed E-state index contributed by atoms with van der Waals surface area (Å²) in [5.41, 5.74) is 2.44. The Labute approximate surface area is 162 Å². The van der Waals surface area contributed by atoms with Crippen LogP contribution in [0.3, 0.4) is 0 Å². The molecule has 28 heavy (non-hydrogen) atoms. The van der Waals surface area contributed by atoms with Crippen molar-refractivity contribution in [1.82, 2.24) is 5.32 Å². The molecule has 3 aromatic rings. The number of hydrogen-bond acceptors (Lipinski definition) is 4. The molecule has 3 rings (SSSR count). The van der Waals surface area contributed by atoms with Crippen LogP contribution >= 0.6 is 0 Å². The molecule has 0 spiro atoms. The van der Waals surface area contributed by atoms with Crippen LogP contribution in [-0.4, -0.2) is 12.0 Å². The number of halogens is 1. The van der Waals surface area contributed by atoms with E-state index in [4.69, 9.17) is 4.74 Å². The lowest BCUT2D eigenvalue weighted by atomic mass is 9.96. The maximum atomic E-state index is 13.6. The van der Waals surface area contributed by atoms with Crippen molar-refractivity contribution in [3.63, 3.8) is 0 Å². The van der Waals surface area contributed by atoms with E-state index in [0.717, 1.165) is 16.7 Å². The number of methoxy groups -OCH3 is 1. The molecule has 2 atom stereocenters. The van der Waals surface area contributed by atoms with Gasteiger partial charge in [-0.2, -0.15) is 0 Å². The highest BCUT2D eigenvalue weighted by molar-refractivity contribution is 5.42. The minimum Gasteiger partial charge on any atom is -0.497 e. The Morgan fingerprint density at radius 1 is 0.964 bits per heavy atom. The second-order valence-electron chi connectivity index (χ2n) is 6.51. The maximum Gasteiger partial charge on any atom is 0.269 e. The molecule has 1 unspecified atom stereocenters. The number of ether oxygens (including phenoxy) is 1. The fourth-order valence-corrected chi connectivity index (χ4v) is 3.15. The zero-order chi connectivity index (χ0) is 20.1. The van der Waals surface area contributed by atoms with Gasteiger partial charge < -0.3 is 4.74 Å². The van der Waals surface area contributed by atoms with Crippen molar-refractivity contribution in [3.8, 4) is 5.75 Å². The van der Waals surface area contributed by atoms with Crippen LogP contribution in [-0.2, 0) is 0 Å². The van der Waals surface area contributed by atoms with Crippen LogP contribution in [0.1, 0.15) is 35.7 Å². The van der Waals surface area contributed by atoms with Crippen LogP contribution in [0.5, 0.6) is 5.75 Å². The third-order valence-corrected chi connectivity index (χ3v) is 4.61. The van der Waals surface area contributed by atoms with E-state index in [-0.39, 0.29) is 23.6 Å². The van der Waals surface area contributed by atoms with Crippen LogP contribution in [0.15, 0.2) is 72.8 Å². The first-order valence-electron chi connectivity index (χ1n) is 8.87. The first kappa shape index (κ1) is 19.5. The summed E-state index contributed by atoms with van der Waals surface area (Å²) < 4.78 is 19.0. The molecular weight excluding hydrogens is 359 g/mol. The van der Waals surface area contributed by atoms with E-state index in [2.05, 4.69) is 5.32 Å². The summed E-state index contributed by atoms with van der Waals surface area (Å²) in [5.74, 6) is 0.382. The van der Waals surface area contributed by atoms with Gasteiger partial charge in [0.05, 0.1) is 18.1 Å². The second kappa shape index (κ2) is 8.63. The fourth-order valence-electron chi connectivity index (χ4n) is 3.15. The average molecular weight is 380 g/mol. The van der Waals surface area contributed by atoms with Gasteiger partial charge in [0.15, 0.2) is 0 Å². The summed E-state index contributed by atoms with van der Waals surface area (Å²) in [4.78, 5) is 10.8. The molecule has 0 saturated carbocycles. The van der Waals surface area contributed by atoms with Crippen LogP contribution in [0.25, 0.3) is 0 Å². The van der Waals surface area contributed by atoms with Gasteiger partial charge in [-0.25, -0.2) is 4.39 Å². The van der Waals surface area contributed by atoms with Crippen molar-refractivity contribution in [2.45, 2.75) is 19.0 Å². The Kier molecular flexibility index (Phi) is 6.01. The highest BCUT2D eigenvalue weighted by Crippen LogP contribution is 2.30. The molecule has 1 N–H and O–H groups in total. The minimum absolute atomic E-state index is 0.0191. The SMILES string of the molecule is COc1cccc(C(N[C@@H](C)c2cccc(F)c2)c2cccc([N+](=O)[O-])c2)c1. The maximum absolute atomic E-state index is 13.6. The van der Waals surface area contributed by atoms with Gasteiger partial charge in [0, 0.05) is 18.2 Å². The number of hydrogen-bond donors (Lipinski definition) is 1. The van der Waals surface area contributed by atoms with Crippen LogP contribution in [0, 0.1) is 15.9 Å². The Hall–Kier alpha value is -3.25. The Morgan fingerprint density at radius 2 is 1.61 bits per heavy atom. The highest BCUT2D eigenvalue weighted by atomic mass is 19.1. The molecule has 0 amide bonds. The fraction of sp³-hybridized carbons (Fsp3) is 0.182. The second-order valence-corrected chi connectivity index (χ2v) is 6.51. The smallest absolute Gasteiger partial charge is 0.269 e. The van der Waals surface area contributed by atoms with Crippen molar-refractivity contribution in [1.29, 1.82) is 0 Å². The van der Waals surface area contributed by atoms with Gasteiger partial charge in [0.25, 0.3) is 5.69 Å². The molecule has 0 fully saturated rings. The van der Waals surface area contributed by atoms with Gasteiger partial charge in [-0.3, -0.25) is 15.4 Å². The molecule has 0 bridgehead atoms. The molecule has 0 aliphatic heterocycles. The van der Waals surface area contributed by atoms with Crippen LogP contribution < -0.4 is 10.1 Å². The first-order chi connectivity index (χ1) is 13.5. The van der Waals surface area contributed by atoms with Gasteiger partial charge in [-0.05, 0) is 47.9 Å². The molecule has 5 nitrogen and oxygen atoms in total. The summed E-state index contributed by atoms with van der Waals surface area (Å²) >= 11 is 0. The Bertz CT molecular complexity index is 977. The Morgan fingerprint density at radius 3 is 2.29 bits per heavy atom. The third kappa shape index (κ3) is 4.53. The standard InChI is InChI=1S/C22H21FN2O3/c1-15(16-6-3-9-19(23)12-16)24-22(18-8-5-11-21(14-18)28-2)17-7-4-10-20(13-17)25(26)27/h3-15,22,24H,1-2H3/t15-,22?/m0/s1. The third-order valence-electron chi connectivity index (χ3n) is 4.61. The summed E-state index contributed by atoms with van der Waals surface area (Å²) in [6, 6.07) is 19.9. The lowest BCUT2D eigenvalue weighted by Crippen LogP contribution is -2.26. The van der Waals surface area contributed by atoms with E-state index in [1.165, 1.54) is 18.2 Å². The molecule has 144 valence electrons. The quantitative estimate of drug-likeness (QED) is 0.453. The van der Waals surface area contributed by atoms with E-state index in [0.29, 0.717) is 5.75 Å². The zero-order valence-electron chi connectivity index (χ0n) is 15.6. The molecule has 0 aromatic heterocycles. The van der Waals surface area contributed by atoms with Crippen molar-refractivity contribution < 1.29 is 14.1 Å². The molecular formula is C22H21FN2O3. The lowest BCUT2D eigenvalue weighted by Gasteiger charge is -2.25. The molecule has 0 radical (unpaired) electrons. The highest BCUT2D eigenvalue weighted by Gasteiger charge is 2.20. The van der Waals surface area contributed by atoms with Crippen LogP contribution in [0.2, 0.25) is 0 Å². The van der Waals surface area contributed by atoms with E-state index < -0.39 is 4.92 Å². The lowest BCUT2D eigenvalue weighted by molar-refractivity contribution is -0.384. The van der Waals surface area contributed by atoms with Crippen molar-refractivity contribution >= 4 is 5.69 Å².